The van der Waals surface area contributed by atoms with Gasteiger partial charge in [0.25, 0.3) is 0 Å². The Hall–Kier alpha value is -2.06. The van der Waals surface area contributed by atoms with E-state index in [9.17, 15) is 14.3 Å². The van der Waals surface area contributed by atoms with Gasteiger partial charge in [0.1, 0.15) is 5.76 Å². The molecule has 0 radical (unpaired) electrons. The lowest BCUT2D eigenvalue weighted by atomic mass is 9.68. The largest absolute Gasteiger partial charge is 0.530 e. The number of esters is 1. The number of hydrogen-bond donors (Lipinski definition) is 1. The van der Waals surface area contributed by atoms with Crippen LogP contribution < -0.4 is 9.47 Å². The molecule has 1 aromatic rings. The van der Waals surface area contributed by atoms with E-state index in [4.69, 9.17) is 23.3 Å². The fourth-order valence-electron chi connectivity index (χ4n) is 4.42. The zero-order valence-corrected chi connectivity index (χ0v) is 20.1. The third kappa shape index (κ3) is 5.12. The van der Waals surface area contributed by atoms with Gasteiger partial charge in [0.15, 0.2) is 11.5 Å². The van der Waals surface area contributed by atoms with Gasteiger partial charge in [0.05, 0.1) is 20.1 Å². The Balaban J connectivity index is 1.76. The fourth-order valence-corrected chi connectivity index (χ4v) is 5.11. The molecule has 1 heterocycles. The number of carbonyl (C=O) groups is 1. The van der Waals surface area contributed by atoms with E-state index in [-0.39, 0.29) is 17.4 Å². The number of phosphoric acid groups is 1. The molecule has 0 amide bonds. The molecule has 1 unspecified atom stereocenters. The molecule has 1 aliphatic carbocycles. The summed E-state index contributed by atoms with van der Waals surface area (Å²) in [7, 11) is 0.817. The molecule has 3 atom stereocenters. The maximum atomic E-state index is 12.3. The van der Waals surface area contributed by atoms with E-state index in [0.717, 1.165) is 24.9 Å². The Bertz CT molecular complexity index is 917. The minimum Gasteiger partial charge on any atom is -0.493 e. The van der Waals surface area contributed by atoms with Crippen LogP contribution in [-0.4, -0.2) is 56.4 Å². The molecule has 1 aliphatic heterocycles. The number of ether oxygens (including phenoxy) is 3. The average Bonchev–Trinajstić information content (AvgIpc) is 3.09. The van der Waals surface area contributed by atoms with E-state index < -0.39 is 20.6 Å². The van der Waals surface area contributed by atoms with Crippen LogP contribution in [0.1, 0.15) is 38.7 Å². The standard InChI is InChI=1S/C22H32NO8P/c1-15(2)21(24)29-14-30-32(25,26)31-17-8-9-22(10-11-23(3)20(22)13-17)16-6-7-18(27-4)19(12-16)28-5/h6-7,12-13,15,20H,8-11,14H2,1-5H3,(H,25,26)/t20-,22-/m0/s1. The second-order valence-electron chi connectivity index (χ2n) is 8.46. The van der Waals surface area contributed by atoms with Crippen molar-refractivity contribution in [3.05, 3.63) is 35.6 Å². The highest BCUT2D eigenvalue weighted by atomic mass is 31.2. The molecule has 10 heteroatoms. The average molecular weight is 469 g/mol. The molecule has 0 aromatic heterocycles. The second kappa shape index (κ2) is 9.83. The van der Waals surface area contributed by atoms with Crippen molar-refractivity contribution >= 4 is 13.8 Å². The summed E-state index contributed by atoms with van der Waals surface area (Å²) in [5.41, 5.74) is 0.956. The molecule has 1 saturated heterocycles. The van der Waals surface area contributed by atoms with E-state index in [1.807, 2.05) is 25.3 Å². The van der Waals surface area contributed by atoms with Gasteiger partial charge in [-0.2, -0.15) is 0 Å². The Morgan fingerprint density at radius 3 is 2.62 bits per heavy atom. The molecule has 1 fully saturated rings. The van der Waals surface area contributed by atoms with Crippen molar-refractivity contribution < 1.29 is 37.5 Å². The fraction of sp³-hybridized carbons (Fsp3) is 0.591. The highest BCUT2D eigenvalue weighted by Gasteiger charge is 2.49. The summed E-state index contributed by atoms with van der Waals surface area (Å²) < 4.78 is 38.2. The van der Waals surface area contributed by atoms with Crippen LogP contribution in [0, 0.1) is 5.92 Å². The molecule has 0 saturated carbocycles. The molecule has 178 valence electrons. The quantitative estimate of drug-likeness (QED) is 0.330. The third-order valence-corrected chi connectivity index (χ3v) is 7.09. The van der Waals surface area contributed by atoms with Gasteiger partial charge in [0, 0.05) is 17.9 Å². The van der Waals surface area contributed by atoms with Gasteiger partial charge in [-0.05, 0) is 50.2 Å². The molecule has 1 N–H and O–H groups in total. The highest BCUT2D eigenvalue weighted by Crippen LogP contribution is 2.53. The number of fused-ring (bicyclic) bond motifs is 1. The van der Waals surface area contributed by atoms with Crippen LogP contribution in [-0.2, 0) is 28.6 Å². The minimum absolute atomic E-state index is 0.0249. The second-order valence-corrected chi connectivity index (χ2v) is 9.84. The van der Waals surface area contributed by atoms with E-state index in [2.05, 4.69) is 11.0 Å². The Morgan fingerprint density at radius 2 is 1.97 bits per heavy atom. The number of benzene rings is 1. The number of methoxy groups -OCH3 is 2. The topological polar surface area (TPSA) is 104 Å². The smallest absolute Gasteiger partial charge is 0.493 e. The van der Waals surface area contributed by atoms with Crippen LogP contribution in [0.15, 0.2) is 30.0 Å². The number of allylic oxidation sites excluding steroid dienone is 1. The maximum absolute atomic E-state index is 12.3. The molecule has 0 spiro atoms. The lowest BCUT2D eigenvalue weighted by molar-refractivity contribution is -0.154. The van der Waals surface area contributed by atoms with Crippen molar-refractivity contribution in [3.8, 4) is 11.5 Å². The third-order valence-electron chi connectivity index (χ3n) is 6.19. The number of likely N-dealkylation sites (N-methyl/N-ethyl adjacent to an activating group) is 1. The molecule has 3 rings (SSSR count). The zero-order chi connectivity index (χ0) is 23.5. The summed E-state index contributed by atoms with van der Waals surface area (Å²) in [5, 5.41) is 0. The molecule has 0 bridgehead atoms. The summed E-state index contributed by atoms with van der Waals surface area (Å²) in [5.74, 6) is 0.849. The summed E-state index contributed by atoms with van der Waals surface area (Å²) in [6, 6.07) is 5.94. The lowest BCUT2D eigenvalue weighted by Gasteiger charge is -2.40. The first-order valence-electron chi connectivity index (χ1n) is 10.6. The predicted molar refractivity (Wildman–Crippen MR) is 117 cm³/mol. The van der Waals surface area contributed by atoms with Crippen LogP contribution in [0.25, 0.3) is 0 Å². The van der Waals surface area contributed by atoms with Gasteiger partial charge in [-0.1, -0.05) is 19.9 Å². The van der Waals surface area contributed by atoms with Crippen molar-refractivity contribution in [1.82, 2.24) is 4.90 Å². The molecule has 2 aliphatic rings. The number of hydrogen-bond acceptors (Lipinski definition) is 8. The van der Waals surface area contributed by atoms with E-state index in [1.54, 1.807) is 28.1 Å². The summed E-state index contributed by atoms with van der Waals surface area (Å²) in [6.45, 7) is 3.55. The number of likely N-dealkylation sites (tertiary alicyclic amines) is 1. The van der Waals surface area contributed by atoms with E-state index >= 15 is 0 Å². The summed E-state index contributed by atoms with van der Waals surface area (Å²) in [4.78, 5) is 23.8. The molecule has 32 heavy (non-hydrogen) atoms. The van der Waals surface area contributed by atoms with Crippen molar-refractivity contribution in [2.24, 2.45) is 5.92 Å². The molecular formula is C22H32NO8P. The van der Waals surface area contributed by atoms with Crippen LogP contribution in [0.3, 0.4) is 0 Å². The number of phosphoric ester groups is 1. The minimum atomic E-state index is -4.42. The zero-order valence-electron chi connectivity index (χ0n) is 19.2. The lowest BCUT2D eigenvalue weighted by Crippen LogP contribution is -2.42. The van der Waals surface area contributed by atoms with Gasteiger partial charge in [0.2, 0.25) is 6.79 Å². The summed E-state index contributed by atoms with van der Waals surface area (Å²) in [6.07, 6.45) is 4.02. The van der Waals surface area contributed by atoms with Crippen molar-refractivity contribution in [2.75, 3.05) is 34.6 Å². The van der Waals surface area contributed by atoms with Gasteiger partial charge in [-0.15, -0.1) is 0 Å². The van der Waals surface area contributed by atoms with Gasteiger partial charge >= 0.3 is 13.8 Å². The Kier molecular flexibility index (Phi) is 7.55. The predicted octanol–water partition coefficient (Wildman–Crippen LogP) is 3.61. The van der Waals surface area contributed by atoms with E-state index in [0.29, 0.717) is 23.7 Å². The molecule has 9 nitrogen and oxygen atoms in total. The Morgan fingerprint density at radius 1 is 1.25 bits per heavy atom. The van der Waals surface area contributed by atoms with Crippen LogP contribution in [0.5, 0.6) is 11.5 Å². The maximum Gasteiger partial charge on any atom is 0.530 e. The van der Waals surface area contributed by atoms with Crippen molar-refractivity contribution in [3.63, 3.8) is 0 Å². The van der Waals surface area contributed by atoms with E-state index in [1.165, 1.54) is 0 Å². The van der Waals surface area contributed by atoms with Crippen LogP contribution in [0.4, 0.5) is 0 Å². The molecular weight excluding hydrogens is 437 g/mol. The van der Waals surface area contributed by atoms with Gasteiger partial charge < -0.3 is 18.7 Å². The highest BCUT2D eigenvalue weighted by molar-refractivity contribution is 7.47. The van der Waals surface area contributed by atoms with Crippen molar-refractivity contribution in [2.45, 2.75) is 44.6 Å². The van der Waals surface area contributed by atoms with Crippen LogP contribution in [0.2, 0.25) is 0 Å². The first kappa shape index (κ1) is 24.6. The van der Waals surface area contributed by atoms with Crippen molar-refractivity contribution in [1.29, 1.82) is 0 Å². The van der Waals surface area contributed by atoms with Gasteiger partial charge in [-0.3, -0.25) is 14.6 Å². The van der Waals surface area contributed by atoms with Gasteiger partial charge in [-0.25, -0.2) is 9.09 Å². The molecule has 1 aromatic carbocycles. The van der Waals surface area contributed by atoms with Crippen LogP contribution >= 0.6 is 7.82 Å². The summed E-state index contributed by atoms with van der Waals surface area (Å²) >= 11 is 0. The normalized spacial score (nSPS) is 25.0. The first-order chi connectivity index (χ1) is 15.1. The number of carbonyl (C=O) groups excluding carboxylic acids is 1. The Labute approximate surface area is 188 Å². The first-order valence-corrected chi connectivity index (χ1v) is 12.1. The SMILES string of the molecule is COc1ccc([C@@]23CCC(OP(=O)(O)OCOC(=O)C(C)C)=C[C@@H]2N(C)CC3)cc1OC. The number of nitrogens with zero attached hydrogens (tertiary/aromatic N) is 1. The number of rotatable bonds is 9. The monoisotopic (exact) mass is 469 g/mol.